The molecule has 0 amide bonds. The molecular formula is C26H40OSi2. The summed E-state index contributed by atoms with van der Waals surface area (Å²) in [4.78, 5) is 0. The quantitative estimate of drug-likeness (QED) is 0.367. The third-order valence-electron chi connectivity index (χ3n) is 7.12. The highest BCUT2D eigenvalue weighted by atomic mass is 28.3. The largest absolute Gasteiger partial charge is 0.490 e. The number of allylic oxidation sites excluding steroid dienone is 4. The lowest BCUT2D eigenvalue weighted by Gasteiger charge is -2.38. The second-order valence-electron chi connectivity index (χ2n) is 10.7. The van der Waals surface area contributed by atoms with Crippen molar-refractivity contribution in [1.82, 2.24) is 0 Å². The molecule has 2 aliphatic carbocycles. The van der Waals surface area contributed by atoms with Crippen LogP contribution in [0.2, 0.25) is 38.3 Å². The maximum atomic E-state index is 6.47. The van der Waals surface area contributed by atoms with Crippen molar-refractivity contribution in [3.63, 3.8) is 0 Å². The summed E-state index contributed by atoms with van der Waals surface area (Å²) < 4.78 is 6.47. The van der Waals surface area contributed by atoms with E-state index in [0.29, 0.717) is 12.1 Å². The second kappa shape index (κ2) is 8.43. The molecule has 1 aromatic carbocycles. The number of aryl methyl sites for hydroxylation is 1. The highest BCUT2D eigenvalue weighted by Crippen LogP contribution is 2.54. The number of rotatable bonds is 7. The zero-order chi connectivity index (χ0) is 21.4. The Bertz CT molecular complexity index is 826. The van der Waals surface area contributed by atoms with E-state index >= 15 is 0 Å². The molecule has 0 saturated heterocycles. The lowest BCUT2D eigenvalue weighted by atomic mass is 9.94. The van der Waals surface area contributed by atoms with Crippen molar-refractivity contribution in [1.29, 1.82) is 0 Å². The van der Waals surface area contributed by atoms with Crippen molar-refractivity contribution < 1.29 is 4.74 Å². The van der Waals surface area contributed by atoms with Crippen LogP contribution in [0.15, 0.2) is 48.6 Å². The van der Waals surface area contributed by atoms with Crippen LogP contribution in [-0.2, 0) is 0 Å². The fourth-order valence-corrected chi connectivity index (χ4v) is 11.9. The molecule has 1 fully saturated rings. The molecule has 0 spiro atoms. The van der Waals surface area contributed by atoms with Crippen molar-refractivity contribution in [2.24, 2.45) is 11.8 Å². The van der Waals surface area contributed by atoms with Gasteiger partial charge in [0.15, 0.2) is 0 Å². The number of hydrogen-bond donors (Lipinski definition) is 0. The van der Waals surface area contributed by atoms with Gasteiger partial charge < -0.3 is 4.74 Å². The molecule has 1 nitrogen and oxygen atoms in total. The molecule has 2 aliphatic rings. The first-order valence-electron chi connectivity index (χ1n) is 11.4. The summed E-state index contributed by atoms with van der Waals surface area (Å²) in [5.74, 6) is 2.77. The predicted octanol–water partition coefficient (Wildman–Crippen LogP) is 6.32. The molecule has 1 aromatic rings. The minimum atomic E-state index is -1.81. The van der Waals surface area contributed by atoms with E-state index < -0.39 is 16.1 Å². The maximum absolute atomic E-state index is 6.47. The third-order valence-corrected chi connectivity index (χ3v) is 13.2. The lowest BCUT2D eigenvalue weighted by molar-refractivity contribution is 0.368. The van der Waals surface area contributed by atoms with Gasteiger partial charge in [-0.15, -0.1) is 0 Å². The van der Waals surface area contributed by atoms with Crippen molar-refractivity contribution >= 4 is 26.5 Å². The van der Waals surface area contributed by atoms with E-state index in [1.807, 2.05) is 6.08 Å². The summed E-state index contributed by atoms with van der Waals surface area (Å²) in [6.07, 6.45) is 12.9. The van der Waals surface area contributed by atoms with Gasteiger partial charge in [0.25, 0.3) is 0 Å². The normalized spacial score (nSPS) is 24.2. The summed E-state index contributed by atoms with van der Waals surface area (Å²) in [6, 6.07) is 4.86. The molecule has 0 heterocycles. The minimum absolute atomic E-state index is 0.591. The third kappa shape index (κ3) is 4.27. The fourth-order valence-electron chi connectivity index (χ4n) is 5.74. The van der Waals surface area contributed by atoms with Crippen molar-refractivity contribution in [2.75, 3.05) is 6.61 Å². The molecule has 0 aliphatic heterocycles. The topological polar surface area (TPSA) is 9.23 Å². The van der Waals surface area contributed by atoms with E-state index in [2.05, 4.69) is 83.5 Å². The monoisotopic (exact) mass is 424 g/mol. The Morgan fingerprint density at radius 2 is 1.83 bits per heavy atom. The van der Waals surface area contributed by atoms with Crippen LogP contribution in [0.4, 0.5) is 0 Å². The Kier molecular flexibility index (Phi) is 6.50. The number of fused-ring (bicyclic) bond motifs is 1. The highest BCUT2D eigenvalue weighted by molar-refractivity contribution is 6.94. The molecule has 3 atom stereocenters. The molecule has 1 saturated carbocycles. The van der Waals surface area contributed by atoms with Crippen LogP contribution < -0.4 is 15.1 Å². The van der Waals surface area contributed by atoms with Crippen molar-refractivity contribution in [3.8, 4) is 5.75 Å². The molecule has 0 radical (unpaired) electrons. The van der Waals surface area contributed by atoms with Gasteiger partial charge >= 0.3 is 0 Å². The molecule has 0 N–H and O–H groups in total. The van der Waals surface area contributed by atoms with Gasteiger partial charge in [0, 0.05) is 0 Å². The molecule has 3 rings (SSSR count). The molecule has 0 bridgehead atoms. The average molecular weight is 425 g/mol. The van der Waals surface area contributed by atoms with Gasteiger partial charge in [0.1, 0.15) is 12.4 Å². The fraction of sp³-hybridized carbons (Fsp3) is 0.538. The second-order valence-corrected chi connectivity index (χ2v) is 20.3. The lowest BCUT2D eigenvalue weighted by Crippen LogP contribution is -2.52. The summed E-state index contributed by atoms with van der Waals surface area (Å²) >= 11 is 0. The van der Waals surface area contributed by atoms with Gasteiger partial charge in [-0.25, -0.2) is 0 Å². The Labute approximate surface area is 181 Å². The van der Waals surface area contributed by atoms with Crippen LogP contribution >= 0.6 is 0 Å². The SMILES string of the molecule is C=CCOc1c([Si](C)(C)C)cc(C)cc1[Si](C)(C)C1C2=CC=CCC2CC1CC. The molecule has 158 valence electrons. The average Bonchev–Trinajstić information content (AvgIpc) is 3.05. The zero-order valence-corrected chi connectivity index (χ0v) is 21.6. The van der Waals surface area contributed by atoms with E-state index in [0.717, 1.165) is 11.8 Å². The van der Waals surface area contributed by atoms with Gasteiger partial charge in [0.05, 0.1) is 16.1 Å². The molecular weight excluding hydrogens is 384 g/mol. The minimum Gasteiger partial charge on any atom is -0.490 e. The first-order chi connectivity index (χ1) is 13.6. The van der Waals surface area contributed by atoms with Crippen LogP contribution in [0.3, 0.4) is 0 Å². The highest BCUT2D eigenvalue weighted by Gasteiger charge is 2.48. The van der Waals surface area contributed by atoms with Crippen molar-refractivity contribution in [2.45, 2.75) is 71.4 Å². The Morgan fingerprint density at radius 3 is 2.45 bits per heavy atom. The number of hydrogen-bond acceptors (Lipinski definition) is 1. The Balaban J connectivity index is 2.19. The Hall–Kier alpha value is -1.33. The first kappa shape index (κ1) is 22.4. The van der Waals surface area contributed by atoms with Crippen LogP contribution in [-0.4, -0.2) is 22.8 Å². The smallest absolute Gasteiger partial charge is 0.118 e. The van der Waals surface area contributed by atoms with Gasteiger partial charge in [-0.1, -0.05) is 100 Å². The summed E-state index contributed by atoms with van der Waals surface area (Å²) in [5.41, 5.74) is 3.84. The van der Waals surface area contributed by atoms with E-state index in [9.17, 15) is 0 Å². The zero-order valence-electron chi connectivity index (χ0n) is 19.6. The number of ether oxygens (including phenoxy) is 1. The van der Waals surface area contributed by atoms with E-state index in [1.165, 1.54) is 40.9 Å². The summed E-state index contributed by atoms with van der Waals surface area (Å²) in [6.45, 7) is 21.7. The van der Waals surface area contributed by atoms with Gasteiger partial charge in [-0.05, 0) is 47.5 Å². The van der Waals surface area contributed by atoms with E-state index in [-0.39, 0.29) is 0 Å². The first-order valence-corrected chi connectivity index (χ1v) is 17.9. The van der Waals surface area contributed by atoms with Gasteiger partial charge in [0.2, 0.25) is 0 Å². The summed E-state index contributed by atoms with van der Waals surface area (Å²) in [7, 11) is -3.35. The van der Waals surface area contributed by atoms with Crippen molar-refractivity contribution in [3.05, 3.63) is 54.2 Å². The van der Waals surface area contributed by atoms with E-state index in [4.69, 9.17) is 4.74 Å². The standard InChI is InChI=1S/C26H40OSi2/c1-9-15-27-25-23(28(4,5)6)16-19(3)17-24(25)29(7,8)26-20(10-2)18-21-13-11-12-14-22(21)26/h9,11-12,14,16-17,20-21,26H,1,10,13,15,18H2,2-8H3. The summed E-state index contributed by atoms with van der Waals surface area (Å²) in [5, 5.41) is 3.02. The molecule has 3 unspecified atom stereocenters. The van der Waals surface area contributed by atoms with Crippen LogP contribution in [0, 0.1) is 18.8 Å². The van der Waals surface area contributed by atoms with E-state index in [1.54, 1.807) is 5.57 Å². The molecule has 3 heteroatoms. The van der Waals surface area contributed by atoms with Crippen LogP contribution in [0.25, 0.3) is 0 Å². The van der Waals surface area contributed by atoms with Crippen LogP contribution in [0.5, 0.6) is 5.75 Å². The van der Waals surface area contributed by atoms with Gasteiger partial charge in [-0.3, -0.25) is 0 Å². The van der Waals surface area contributed by atoms with Gasteiger partial charge in [-0.2, -0.15) is 0 Å². The molecule has 29 heavy (non-hydrogen) atoms. The van der Waals surface area contributed by atoms with Crippen LogP contribution in [0.1, 0.15) is 31.7 Å². The predicted molar refractivity (Wildman–Crippen MR) is 134 cm³/mol. The molecule has 0 aromatic heterocycles. The maximum Gasteiger partial charge on any atom is 0.118 e. The number of benzene rings is 1. The Morgan fingerprint density at radius 1 is 1.14 bits per heavy atom.